The highest BCUT2D eigenvalue weighted by Gasteiger charge is 2.19. The van der Waals surface area contributed by atoms with Gasteiger partial charge in [-0.25, -0.2) is 14.5 Å². The molecule has 0 spiro atoms. The number of halogens is 2. The molecule has 0 aromatic carbocycles. The number of methoxy groups -OCH3 is 1. The van der Waals surface area contributed by atoms with Crippen LogP contribution < -0.4 is 4.74 Å². The summed E-state index contributed by atoms with van der Waals surface area (Å²) >= 11 is 0. The van der Waals surface area contributed by atoms with Gasteiger partial charge in [-0.3, -0.25) is 0 Å². The lowest BCUT2D eigenvalue weighted by Crippen LogP contribution is -2.02. The Morgan fingerprint density at radius 3 is 2.87 bits per heavy atom. The van der Waals surface area contributed by atoms with Gasteiger partial charge in [-0.05, 0) is 19.1 Å². The number of alkyl halides is 2. The van der Waals surface area contributed by atoms with E-state index in [-0.39, 0.29) is 12.4 Å². The molecule has 0 aliphatic carbocycles. The second-order valence-electron chi connectivity index (χ2n) is 6.57. The minimum absolute atomic E-state index is 0.0679. The van der Waals surface area contributed by atoms with Crippen molar-refractivity contribution in [2.75, 3.05) is 7.11 Å². The van der Waals surface area contributed by atoms with Gasteiger partial charge in [0.1, 0.15) is 23.6 Å². The van der Waals surface area contributed by atoms with E-state index in [0.29, 0.717) is 22.7 Å². The van der Waals surface area contributed by atoms with E-state index in [2.05, 4.69) is 25.3 Å². The summed E-state index contributed by atoms with van der Waals surface area (Å²) in [5, 5.41) is 11.4. The summed E-state index contributed by atoms with van der Waals surface area (Å²) in [6.07, 6.45) is 2.41. The van der Waals surface area contributed by atoms with Crippen molar-refractivity contribution in [1.29, 1.82) is 0 Å². The molecule has 0 saturated heterocycles. The predicted octanol–water partition coefficient (Wildman–Crippen LogP) is 3.43. The van der Waals surface area contributed by atoms with Crippen LogP contribution in [0.3, 0.4) is 0 Å². The minimum atomic E-state index is -2.81. The Bertz CT molecular complexity index is 1370. The van der Waals surface area contributed by atoms with Gasteiger partial charge in [-0.15, -0.1) is 10.2 Å². The number of imidazole rings is 1. The number of rotatable bonds is 5. The number of hydrogen-bond acceptors (Lipinski definition) is 7. The second kappa shape index (κ2) is 6.87. The van der Waals surface area contributed by atoms with Crippen LogP contribution in [0.2, 0.25) is 0 Å². The van der Waals surface area contributed by atoms with Gasteiger partial charge >= 0.3 is 6.43 Å². The summed E-state index contributed by atoms with van der Waals surface area (Å²) in [5.74, 6) is 0.691. The van der Waals surface area contributed by atoms with Crippen molar-refractivity contribution in [2.45, 2.75) is 19.9 Å². The standard InChI is InChI=1S/C19H15F2N7O2/c1-10-24-18-13(27(10)9-15-25-26-19(30-15)17(20)21)7-11(8-22-18)12-4-6-28-16(12)14(29-2)3-5-23-28/h3-8,17H,9H2,1-2H3. The summed E-state index contributed by atoms with van der Waals surface area (Å²) in [7, 11) is 1.60. The molecule has 9 nitrogen and oxygen atoms in total. The fraction of sp³-hybridized carbons (Fsp3) is 0.211. The van der Waals surface area contributed by atoms with Crippen molar-refractivity contribution in [3.8, 4) is 16.9 Å². The van der Waals surface area contributed by atoms with Crippen LogP contribution >= 0.6 is 0 Å². The number of aromatic nitrogens is 7. The Morgan fingerprint density at radius 1 is 1.23 bits per heavy atom. The van der Waals surface area contributed by atoms with E-state index < -0.39 is 12.3 Å². The Morgan fingerprint density at radius 2 is 2.10 bits per heavy atom. The highest BCUT2D eigenvalue weighted by Crippen LogP contribution is 2.32. The van der Waals surface area contributed by atoms with Crippen molar-refractivity contribution in [3.63, 3.8) is 0 Å². The largest absolute Gasteiger partial charge is 0.494 e. The van der Waals surface area contributed by atoms with E-state index in [4.69, 9.17) is 9.15 Å². The molecule has 0 fully saturated rings. The first-order valence-corrected chi connectivity index (χ1v) is 8.99. The zero-order chi connectivity index (χ0) is 20.8. The first kappa shape index (κ1) is 18.2. The van der Waals surface area contributed by atoms with Crippen molar-refractivity contribution in [2.24, 2.45) is 0 Å². The molecule has 5 aromatic rings. The number of aryl methyl sites for hydroxylation is 1. The van der Waals surface area contributed by atoms with Crippen LogP contribution in [-0.2, 0) is 6.54 Å². The topological polar surface area (TPSA) is 96.2 Å². The number of ether oxygens (including phenoxy) is 1. The first-order valence-electron chi connectivity index (χ1n) is 8.99. The highest BCUT2D eigenvalue weighted by molar-refractivity contribution is 5.88. The van der Waals surface area contributed by atoms with Gasteiger partial charge in [0.2, 0.25) is 5.89 Å². The minimum Gasteiger partial charge on any atom is -0.494 e. The maximum absolute atomic E-state index is 12.7. The SMILES string of the molecule is COc1ccnn2ccc(-c3cnc4nc(C)n(Cc5nnc(C(F)F)o5)c4c3)c12. The Kier molecular flexibility index (Phi) is 4.16. The summed E-state index contributed by atoms with van der Waals surface area (Å²) in [6, 6.07) is 5.64. The summed E-state index contributed by atoms with van der Waals surface area (Å²) in [4.78, 5) is 8.91. The van der Waals surface area contributed by atoms with Crippen molar-refractivity contribution < 1.29 is 17.9 Å². The fourth-order valence-corrected chi connectivity index (χ4v) is 3.43. The molecule has 5 aromatic heterocycles. The molecule has 0 aliphatic rings. The van der Waals surface area contributed by atoms with Crippen molar-refractivity contribution in [1.82, 2.24) is 34.3 Å². The first-order chi connectivity index (χ1) is 14.5. The molecule has 0 saturated carbocycles. The molecule has 30 heavy (non-hydrogen) atoms. The van der Waals surface area contributed by atoms with E-state index in [9.17, 15) is 8.78 Å². The molecule has 0 aliphatic heterocycles. The Labute approximate surface area is 167 Å². The van der Waals surface area contributed by atoms with Gasteiger partial charge in [0, 0.05) is 29.6 Å². The van der Waals surface area contributed by atoms with Gasteiger partial charge in [-0.2, -0.15) is 13.9 Å². The lowest BCUT2D eigenvalue weighted by molar-refractivity contribution is 0.113. The zero-order valence-electron chi connectivity index (χ0n) is 16.0. The van der Waals surface area contributed by atoms with Crippen molar-refractivity contribution in [3.05, 3.63) is 54.4 Å². The van der Waals surface area contributed by atoms with Gasteiger partial charge in [0.25, 0.3) is 5.89 Å². The van der Waals surface area contributed by atoms with Crippen LogP contribution in [0.4, 0.5) is 8.78 Å². The molecule has 0 radical (unpaired) electrons. The van der Waals surface area contributed by atoms with Gasteiger partial charge in [0.15, 0.2) is 5.65 Å². The highest BCUT2D eigenvalue weighted by atomic mass is 19.3. The van der Waals surface area contributed by atoms with Crippen LogP contribution in [0.5, 0.6) is 5.75 Å². The quantitative estimate of drug-likeness (QED) is 0.437. The molecule has 5 rings (SSSR count). The third kappa shape index (κ3) is 2.86. The molecule has 0 unspecified atom stereocenters. The monoisotopic (exact) mass is 411 g/mol. The number of nitrogens with zero attached hydrogens (tertiary/aromatic N) is 7. The summed E-state index contributed by atoms with van der Waals surface area (Å²) < 4.78 is 39.5. The van der Waals surface area contributed by atoms with Crippen molar-refractivity contribution >= 4 is 16.7 Å². The Hall–Kier alpha value is -3.89. The van der Waals surface area contributed by atoms with Crippen LogP contribution in [0.15, 0.2) is 41.2 Å². The van der Waals surface area contributed by atoms with E-state index in [0.717, 1.165) is 16.6 Å². The molecule has 0 N–H and O–H groups in total. The smallest absolute Gasteiger partial charge is 0.314 e. The average Bonchev–Trinajstić information content (AvgIpc) is 3.45. The maximum Gasteiger partial charge on any atom is 0.314 e. The van der Waals surface area contributed by atoms with E-state index >= 15 is 0 Å². The normalized spacial score (nSPS) is 11.8. The molecule has 0 atom stereocenters. The lowest BCUT2D eigenvalue weighted by atomic mass is 10.1. The third-order valence-electron chi connectivity index (χ3n) is 4.81. The van der Waals surface area contributed by atoms with E-state index in [1.165, 1.54) is 0 Å². The molecular weight excluding hydrogens is 396 g/mol. The van der Waals surface area contributed by atoms with Crippen LogP contribution in [0.1, 0.15) is 24.0 Å². The molecule has 0 amide bonds. The van der Waals surface area contributed by atoms with Crippen LogP contribution in [-0.4, -0.2) is 41.5 Å². The second-order valence-corrected chi connectivity index (χ2v) is 6.57. The van der Waals surface area contributed by atoms with Gasteiger partial charge < -0.3 is 13.7 Å². The molecule has 152 valence electrons. The lowest BCUT2D eigenvalue weighted by Gasteiger charge is -2.07. The Balaban J connectivity index is 1.62. The number of hydrogen-bond donors (Lipinski definition) is 0. The van der Waals surface area contributed by atoms with Crippen LogP contribution in [0.25, 0.3) is 27.8 Å². The maximum atomic E-state index is 12.7. The van der Waals surface area contributed by atoms with Crippen LogP contribution in [0, 0.1) is 6.92 Å². The van der Waals surface area contributed by atoms with Gasteiger partial charge in [-0.1, -0.05) is 0 Å². The van der Waals surface area contributed by atoms with E-state index in [1.54, 1.807) is 41.6 Å². The van der Waals surface area contributed by atoms with Gasteiger partial charge in [0.05, 0.1) is 18.8 Å². The molecule has 0 bridgehead atoms. The number of fused-ring (bicyclic) bond motifs is 2. The molecule has 5 heterocycles. The number of pyridine rings is 1. The third-order valence-corrected chi connectivity index (χ3v) is 4.81. The summed E-state index contributed by atoms with van der Waals surface area (Å²) in [6.45, 7) is 1.90. The fourth-order valence-electron chi connectivity index (χ4n) is 3.43. The molecule has 11 heteroatoms. The van der Waals surface area contributed by atoms with E-state index in [1.807, 2.05) is 18.3 Å². The predicted molar refractivity (Wildman–Crippen MR) is 101 cm³/mol. The average molecular weight is 411 g/mol. The zero-order valence-corrected chi connectivity index (χ0v) is 16.0. The molecular formula is C19H15F2N7O2. The summed E-state index contributed by atoms with van der Waals surface area (Å²) in [5.41, 5.74) is 3.76.